The zero-order valence-electron chi connectivity index (χ0n) is 16.7. The topological polar surface area (TPSA) is 32.8 Å². The van der Waals surface area contributed by atoms with Crippen molar-refractivity contribution in [3.05, 3.63) is 65.5 Å². The fourth-order valence-electron chi connectivity index (χ4n) is 3.74. The molecule has 0 radical (unpaired) electrons. The molecule has 2 aromatic carbocycles. The Morgan fingerprint density at radius 3 is 2.29 bits per heavy atom. The quantitative estimate of drug-likeness (QED) is 0.732. The van der Waals surface area contributed by atoms with Gasteiger partial charge in [0.2, 0.25) is 5.91 Å². The van der Waals surface area contributed by atoms with Crippen molar-refractivity contribution in [2.24, 2.45) is 0 Å². The summed E-state index contributed by atoms with van der Waals surface area (Å²) >= 11 is 0. The number of ether oxygens (including phenoxy) is 1. The molecule has 1 amide bonds. The molecule has 0 saturated carbocycles. The van der Waals surface area contributed by atoms with Gasteiger partial charge in [0.15, 0.2) is 0 Å². The Morgan fingerprint density at radius 2 is 1.68 bits per heavy atom. The zero-order valence-corrected chi connectivity index (χ0v) is 16.7. The summed E-state index contributed by atoms with van der Waals surface area (Å²) < 4.78 is 18.4. The molecule has 0 N–H and O–H groups in total. The van der Waals surface area contributed by atoms with Crippen LogP contribution in [0, 0.1) is 5.82 Å². The van der Waals surface area contributed by atoms with Crippen LogP contribution in [-0.4, -0.2) is 55.5 Å². The van der Waals surface area contributed by atoms with Crippen LogP contribution in [0.3, 0.4) is 0 Å². The van der Waals surface area contributed by atoms with Gasteiger partial charge in [0.1, 0.15) is 11.6 Å². The largest absolute Gasteiger partial charge is 0.497 e. The Kier molecular flexibility index (Phi) is 7.04. The van der Waals surface area contributed by atoms with Gasteiger partial charge in [-0.1, -0.05) is 24.3 Å². The molecule has 1 heterocycles. The zero-order chi connectivity index (χ0) is 19.9. The number of carbonyl (C=O) groups excluding carboxylic acids is 1. The highest BCUT2D eigenvalue weighted by Gasteiger charge is 2.26. The molecule has 5 heteroatoms. The Balaban J connectivity index is 1.68. The summed E-state index contributed by atoms with van der Waals surface area (Å²) in [6.07, 6.45) is 3.11. The monoisotopic (exact) mass is 384 g/mol. The summed E-state index contributed by atoms with van der Waals surface area (Å²) in [5.41, 5.74) is 2.04. The van der Waals surface area contributed by atoms with Crippen LogP contribution in [-0.2, 0) is 17.6 Å². The molecule has 1 fully saturated rings. The van der Waals surface area contributed by atoms with Crippen LogP contribution in [0.1, 0.15) is 24.0 Å². The van der Waals surface area contributed by atoms with E-state index in [-0.39, 0.29) is 17.8 Å². The highest BCUT2D eigenvalue weighted by atomic mass is 19.1. The van der Waals surface area contributed by atoms with E-state index in [9.17, 15) is 9.18 Å². The number of likely N-dealkylation sites (tertiary alicyclic amines) is 1. The lowest BCUT2D eigenvalue weighted by atomic mass is 10.0. The lowest BCUT2D eigenvalue weighted by molar-refractivity contribution is -0.133. The van der Waals surface area contributed by atoms with Crippen LogP contribution in [0.25, 0.3) is 0 Å². The van der Waals surface area contributed by atoms with Crippen LogP contribution in [0.15, 0.2) is 48.5 Å². The maximum absolute atomic E-state index is 13.2. The fourth-order valence-corrected chi connectivity index (χ4v) is 3.74. The number of hydrogen-bond acceptors (Lipinski definition) is 3. The van der Waals surface area contributed by atoms with Gasteiger partial charge in [0.05, 0.1) is 13.5 Å². The average molecular weight is 384 g/mol. The van der Waals surface area contributed by atoms with Crippen LogP contribution in [0.4, 0.5) is 4.39 Å². The summed E-state index contributed by atoms with van der Waals surface area (Å²) in [7, 11) is 3.76. The van der Waals surface area contributed by atoms with Gasteiger partial charge in [-0.05, 0) is 74.8 Å². The van der Waals surface area contributed by atoms with Crippen molar-refractivity contribution in [2.45, 2.75) is 31.7 Å². The van der Waals surface area contributed by atoms with Gasteiger partial charge in [0.25, 0.3) is 0 Å². The lowest BCUT2D eigenvalue weighted by Gasteiger charge is -2.37. The van der Waals surface area contributed by atoms with Crippen molar-refractivity contribution in [3.8, 4) is 5.75 Å². The van der Waals surface area contributed by atoms with Gasteiger partial charge >= 0.3 is 0 Å². The van der Waals surface area contributed by atoms with Gasteiger partial charge in [-0.2, -0.15) is 0 Å². The number of rotatable bonds is 7. The second kappa shape index (κ2) is 9.69. The van der Waals surface area contributed by atoms with Crippen molar-refractivity contribution in [2.75, 3.05) is 33.8 Å². The number of amides is 1. The Hall–Kier alpha value is -2.40. The number of hydrogen-bond donors (Lipinski definition) is 0. The van der Waals surface area contributed by atoms with Crippen LogP contribution in [0.5, 0.6) is 5.75 Å². The molecule has 0 spiro atoms. The number of piperidine rings is 1. The molecule has 4 nitrogen and oxygen atoms in total. The smallest absolute Gasteiger partial charge is 0.227 e. The highest BCUT2D eigenvalue weighted by molar-refractivity contribution is 5.79. The van der Waals surface area contributed by atoms with E-state index < -0.39 is 0 Å². The van der Waals surface area contributed by atoms with Crippen molar-refractivity contribution in [1.82, 2.24) is 9.80 Å². The van der Waals surface area contributed by atoms with E-state index in [0.29, 0.717) is 13.0 Å². The molecular formula is C23H29FN2O2. The molecule has 3 rings (SSSR count). The first-order valence-electron chi connectivity index (χ1n) is 9.90. The molecule has 0 bridgehead atoms. The number of halogens is 1. The van der Waals surface area contributed by atoms with Crippen molar-refractivity contribution >= 4 is 5.91 Å². The second-order valence-electron chi connectivity index (χ2n) is 7.52. The summed E-state index contributed by atoms with van der Waals surface area (Å²) in [4.78, 5) is 17.5. The van der Waals surface area contributed by atoms with Crippen molar-refractivity contribution in [3.63, 3.8) is 0 Å². The number of benzene rings is 2. The van der Waals surface area contributed by atoms with Crippen molar-refractivity contribution in [1.29, 1.82) is 0 Å². The van der Waals surface area contributed by atoms with Crippen LogP contribution in [0.2, 0.25) is 0 Å². The highest BCUT2D eigenvalue weighted by Crippen LogP contribution is 2.19. The van der Waals surface area contributed by atoms with Gasteiger partial charge in [-0.25, -0.2) is 4.39 Å². The van der Waals surface area contributed by atoms with E-state index in [1.165, 1.54) is 12.1 Å². The average Bonchev–Trinajstić information content (AvgIpc) is 2.71. The van der Waals surface area contributed by atoms with Gasteiger partial charge < -0.3 is 14.5 Å². The number of methoxy groups -OCH3 is 1. The van der Waals surface area contributed by atoms with Crippen LogP contribution < -0.4 is 4.74 Å². The molecular weight excluding hydrogens is 355 g/mol. The summed E-state index contributed by atoms with van der Waals surface area (Å²) in [5, 5.41) is 0. The Bertz CT molecular complexity index is 753. The normalized spacial score (nSPS) is 15.4. The maximum Gasteiger partial charge on any atom is 0.227 e. The standard InChI is InChI=1S/C23H29FN2O2/c1-25-14-12-21(13-15-25)26(16-11-18-3-7-20(24)8-4-18)23(27)17-19-5-9-22(28-2)10-6-19/h3-10,21H,11-17H2,1-2H3. The predicted molar refractivity (Wildman–Crippen MR) is 109 cm³/mol. The molecule has 1 saturated heterocycles. The maximum atomic E-state index is 13.2. The van der Waals surface area contributed by atoms with E-state index in [1.807, 2.05) is 29.2 Å². The van der Waals surface area contributed by atoms with Gasteiger partial charge in [-0.15, -0.1) is 0 Å². The third kappa shape index (κ3) is 5.55. The minimum Gasteiger partial charge on any atom is -0.497 e. The molecule has 1 aliphatic heterocycles. The van der Waals surface area contributed by atoms with E-state index in [2.05, 4.69) is 11.9 Å². The first kappa shape index (κ1) is 20.3. The van der Waals surface area contributed by atoms with Crippen molar-refractivity contribution < 1.29 is 13.9 Å². The van der Waals surface area contributed by atoms with Gasteiger partial charge in [-0.3, -0.25) is 4.79 Å². The fraction of sp³-hybridized carbons (Fsp3) is 0.435. The Morgan fingerprint density at radius 1 is 1.07 bits per heavy atom. The van der Waals surface area contributed by atoms with E-state index in [0.717, 1.165) is 49.2 Å². The molecule has 2 aromatic rings. The number of carbonyl (C=O) groups is 1. The Labute approximate surface area is 166 Å². The SMILES string of the molecule is COc1ccc(CC(=O)N(CCc2ccc(F)cc2)C2CCN(C)CC2)cc1. The van der Waals surface area contributed by atoms with E-state index >= 15 is 0 Å². The lowest BCUT2D eigenvalue weighted by Crippen LogP contribution is -2.47. The van der Waals surface area contributed by atoms with Gasteiger partial charge in [0, 0.05) is 12.6 Å². The molecule has 0 aromatic heterocycles. The third-order valence-corrected chi connectivity index (χ3v) is 5.52. The third-order valence-electron chi connectivity index (χ3n) is 5.52. The molecule has 0 unspecified atom stereocenters. The summed E-state index contributed by atoms with van der Waals surface area (Å²) in [6, 6.07) is 14.5. The first-order valence-corrected chi connectivity index (χ1v) is 9.90. The minimum absolute atomic E-state index is 0.154. The summed E-state index contributed by atoms with van der Waals surface area (Å²) in [6.45, 7) is 2.68. The molecule has 0 atom stereocenters. The van der Waals surface area contributed by atoms with E-state index in [1.54, 1.807) is 19.2 Å². The molecule has 1 aliphatic rings. The summed E-state index contributed by atoms with van der Waals surface area (Å²) in [5.74, 6) is 0.716. The molecule has 150 valence electrons. The second-order valence-corrected chi connectivity index (χ2v) is 7.52. The van der Waals surface area contributed by atoms with Crippen LogP contribution >= 0.6 is 0 Å². The molecule has 28 heavy (non-hydrogen) atoms. The number of nitrogens with zero attached hydrogens (tertiary/aromatic N) is 2. The minimum atomic E-state index is -0.230. The molecule has 0 aliphatic carbocycles. The first-order chi connectivity index (χ1) is 13.5. The predicted octanol–water partition coefficient (Wildman–Crippen LogP) is 3.54. The van der Waals surface area contributed by atoms with E-state index in [4.69, 9.17) is 4.74 Å².